The molecular weight excluding hydrogens is 410 g/mol. The molecule has 0 N–H and O–H groups in total. The highest BCUT2D eigenvalue weighted by Crippen LogP contribution is 2.33. The normalized spacial score (nSPS) is 16.1. The smallest absolute Gasteiger partial charge is 0.305 e. The summed E-state index contributed by atoms with van der Waals surface area (Å²) in [7, 11) is 1.39. The zero-order chi connectivity index (χ0) is 17.5. The maximum absolute atomic E-state index is 12.5. The van der Waals surface area contributed by atoms with Crippen molar-refractivity contribution in [3.8, 4) is 0 Å². The second kappa shape index (κ2) is 9.34. The number of nitrogens with zero attached hydrogens (tertiary/aromatic N) is 1. The zero-order valence-corrected chi connectivity index (χ0v) is 16.5. The topological polar surface area (TPSA) is 46.6 Å². The van der Waals surface area contributed by atoms with Crippen LogP contribution in [0.2, 0.25) is 0 Å². The molecule has 0 saturated carbocycles. The van der Waals surface area contributed by atoms with E-state index in [0.717, 1.165) is 29.3 Å². The summed E-state index contributed by atoms with van der Waals surface area (Å²) in [5, 5.41) is 0. The van der Waals surface area contributed by atoms with Gasteiger partial charge in [-0.1, -0.05) is 58.5 Å². The van der Waals surface area contributed by atoms with E-state index < -0.39 is 0 Å². The van der Waals surface area contributed by atoms with Crippen LogP contribution in [-0.2, 0) is 14.3 Å². The van der Waals surface area contributed by atoms with Gasteiger partial charge in [0.25, 0.3) is 5.91 Å². The fourth-order valence-corrected chi connectivity index (χ4v) is 3.98. The van der Waals surface area contributed by atoms with Gasteiger partial charge in [-0.15, -0.1) is 0 Å². The Hall–Kier alpha value is -1.18. The van der Waals surface area contributed by atoms with E-state index in [2.05, 4.69) is 20.7 Å². The molecule has 0 aromatic heterocycles. The van der Waals surface area contributed by atoms with E-state index in [4.69, 9.17) is 12.2 Å². The van der Waals surface area contributed by atoms with Crippen LogP contribution in [0.25, 0.3) is 6.08 Å². The van der Waals surface area contributed by atoms with Gasteiger partial charge in [0.2, 0.25) is 0 Å². The minimum Gasteiger partial charge on any atom is -0.469 e. The van der Waals surface area contributed by atoms with Crippen molar-refractivity contribution in [2.45, 2.75) is 25.7 Å². The molecule has 0 atom stereocenters. The minimum atomic E-state index is -0.197. The average Bonchev–Trinajstić information content (AvgIpc) is 2.81. The molecule has 0 unspecified atom stereocenters. The predicted molar refractivity (Wildman–Crippen MR) is 105 cm³/mol. The highest BCUT2D eigenvalue weighted by atomic mass is 79.9. The van der Waals surface area contributed by atoms with Gasteiger partial charge in [-0.3, -0.25) is 14.5 Å². The molecule has 0 aliphatic carbocycles. The van der Waals surface area contributed by atoms with Gasteiger partial charge in [-0.2, -0.15) is 0 Å². The highest BCUT2D eigenvalue weighted by molar-refractivity contribution is 9.10. The molecule has 4 nitrogen and oxygen atoms in total. The van der Waals surface area contributed by atoms with E-state index in [1.807, 2.05) is 30.3 Å². The number of rotatable bonds is 7. The Bertz CT molecular complexity index is 676. The SMILES string of the molecule is COC(=O)CCCCCN1C(=O)/C(=C\c2cccc(Br)c2)SC1=S. The number of carbonyl (C=O) groups excluding carboxylic acids is 2. The zero-order valence-electron chi connectivity index (χ0n) is 13.3. The first-order valence-electron chi connectivity index (χ1n) is 7.59. The van der Waals surface area contributed by atoms with Crippen LogP contribution in [-0.4, -0.2) is 34.8 Å². The van der Waals surface area contributed by atoms with Crippen LogP contribution >= 0.6 is 39.9 Å². The molecule has 0 bridgehead atoms. The van der Waals surface area contributed by atoms with Crippen LogP contribution < -0.4 is 0 Å². The highest BCUT2D eigenvalue weighted by Gasteiger charge is 2.31. The summed E-state index contributed by atoms with van der Waals surface area (Å²) < 4.78 is 6.17. The molecule has 1 fully saturated rings. The summed E-state index contributed by atoms with van der Waals surface area (Å²) in [6.45, 7) is 0.585. The monoisotopic (exact) mass is 427 g/mol. The first-order chi connectivity index (χ1) is 11.5. The molecule has 0 radical (unpaired) electrons. The number of thiocarbonyl (C=S) groups is 1. The van der Waals surface area contributed by atoms with Crippen molar-refractivity contribution in [3.63, 3.8) is 0 Å². The van der Waals surface area contributed by atoms with Crippen molar-refractivity contribution in [2.75, 3.05) is 13.7 Å². The minimum absolute atomic E-state index is 0.0436. The number of thioether (sulfide) groups is 1. The summed E-state index contributed by atoms with van der Waals surface area (Å²) in [5.41, 5.74) is 0.961. The molecule has 24 heavy (non-hydrogen) atoms. The van der Waals surface area contributed by atoms with Crippen molar-refractivity contribution < 1.29 is 14.3 Å². The molecule has 2 rings (SSSR count). The molecule has 1 amide bonds. The Kier molecular flexibility index (Phi) is 7.45. The fourth-order valence-electron chi connectivity index (χ4n) is 2.26. The van der Waals surface area contributed by atoms with Crippen molar-refractivity contribution in [3.05, 3.63) is 39.2 Å². The number of hydrogen-bond acceptors (Lipinski definition) is 5. The molecule has 1 heterocycles. The molecule has 0 spiro atoms. The maximum atomic E-state index is 12.5. The van der Waals surface area contributed by atoms with Crippen molar-refractivity contribution in [1.82, 2.24) is 4.90 Å². The number of methoxy groups -OCH3 is 1. The van der Waals surface area contributed by atoms with E-state index in [0.29, 0.717) is 22.2 Å². The Balaban J connectivity index is 1.88. The third-order valence-corrected chi connectivity index (χ3v) is 5.38. The summed E-state index contributed by atoms with van der Waals surface area (Å²) in [6.07, 6.45) is 4.71. The Morgan fingerprint density at radius 2 is 2.17 bits per heavy atom. The van der Waals surface area contributed by atoms with Gasteiger partial charge in [0.15, 0.2) is 0 Å². The van der Waals surface area contributed by atoms with Crippen molar-refractivity contribution in [1.29, 1.82) is 0 Å². The number of ether oxygens (including phenoxy) is 1. The standard InChI is InChI=1S/C17H18BrNO3S2/c1-22-15(20)8-3-2-4-9-19-16(21)14(24-17(19)23)11-12-6-5-7-13(18)10-12/h5-7,10-11H,2-4,8-9H2,1H3/b14-11+. The number of unbranched alkanes of at least 4 members (excludes halogenated alkanes) is 2. The Morgan fingerprint density at radius 3 is 2.88 bits per heavy atom. The van der Waals surface area contributed by atoms with E-state index in [9.17, 15) is 9.59 Å². The first-order valence-corrected chi connectivity index (χ1v) is 9.61. The van der Waals surface area contributed by atoms with Crippen LogP contribution in [0.5, 0.6) is 0 Å². The van der Waals surface area contributed by atoms with E-state index >= 15 is 0 Å². The summed E-state index contributed by atoms with van der Waals surface area (Å²) in [5.74, 6) is -0.240. The van der Waals surface area contributed by atoms with Gasteiger partial charge < -0.3 is 4.74 Å². The third-order valence-electron chi connectivity index (χ3n) is 3.51. The number of esters is 1. The van der Waals surface area contributed by atoms with E-state index in [1.165, 1.54) is 18.9 Å². The van der Waals surface area contributed by atoms with E-state index in [-0.39, 0.29) is 11.9 Å². The lowest BCUT2D eigenvalue weighted by Gasteiger charge is -2.13. The quantitative estimate of drug-likeness (QED) is 0.279. The lowest BCUT2D eigenvalue weighted by molar-refractivity contribution is -0.140. The molecule has 1 aromatic carbocycles. The van der Waals surface area contributed by atoms with Crippen LogP contribution in [0.3, 0.4) is 0 Å². The average molecular weight is 428 g/mol. The van der Waals surface area contributed by atoms with Crippen LogP contribution in [0, 0.1) is 0 Å². The summed E-state index contributed by atoms with van der Waals surface area (Å²) >= 11 is 10.1. The van der Waals surface area contributed by atoms with Crippen LogP contribution in [0.4, 0.5) is 0 Å². The molecule has 1 aromatic rings. The largest absolute Gasteiger partial charge is 0.469 e. The predicted octanol–water partition coefficient (Wildman–Crippen LogP) is 4.38. The van der Waals surface area contributed by atoms with Gasteiger partial charge in [0.1, 0.15) is 4.32 Å². The van der Waals surface area contributed by atoms with Gasteiger partial charge >= 0.3 is 5.97 Å². The van der Waals surface area contributed by atoms with Gasteiger partial charge in [-0.25, -0.2) is 0 Å². The maximum Gasteiger partial charge on any atom is 0.305 e. The molecule has 1 aliphatic rings. The first kappa shape index (κ1) is 19.1. The summed E-state index contributed by atoms with van der Waals surface area (Å²) in [4.78, 5) is 25.8. The second-order valence-corrected chi connectivity index (χ2v) is 7.87. The Labute approximate surface area is 159 Å². The van der Waals surface area contributed by atoms with Crippen LogP contribution in [0.15, 0.2) is 33.6 Å². The van der Waals surface area contributed by atoms with Crippen molar-refractivity contribution in [2.24, 2.45) is 0 Å². The lowest BCUT2D eigenvalue weighted by atomic mass is 10.2. The number of hydrogen-bond donors (Lipinski definition) is 0. The van der Waals surface area contributed by atoms with Gasteiger partial charge in [0, 0.05) is 17.4 Å². The third kappa shape index (κ3) is 5.43. The van der Waals surface area contributed by atoms with Gasteiger partial charge in [0.05, 0.1) is 12.0 Å². The van der Waals surface area contributed by atoms with Crippen LogP contribution in [0.1, 0.15) is 31.2 Å². The fraction of sp³-hybridized carbons (Fsp3) is 0.353. The Morgan fingerprint density at radius 1 is 1.38 bits per heavy atom. The second-order valence-electron chi connectivity index (χ2n) is 5.28. The molecule has 7 heteroatoms. The number of carbonyl (C=O) groups is 2. The molecule has 1 saturated heterocycles. The molecule has 128 valence electrons. The lowest BCUT2D eigenvalue weighted by Crippen LogP contribution is -2.29. The van der Waals surface area contributed by atoms with E-state index in [1.54, 1.807) is 4.90 Å². The summed E-state index contributed by atoms with van der Waals surface area (Å²) in [6, 6.07) is 7.78. The number of amides is 1. The van der Waals surface area contributed by atoms with Crippen molar-refractivity contribution >= 4 is 62.2 Å². The number of benzene rings is 1. The molecular formula is C17H18BrNO3S2. The molecule has 1 aliphatic heterocycles. The number of halogens is 1. The van der Waals surface area contributed by atoms with Gasteiger partial charge in [-0.05, 0) is 36.6 Å².